The molecule has 0 aliphatic carbocycles. The number of likely N-dealkylation sites (tertiary alicyclic amines) is 1. The molecule has 1 saturated heterocycles. The minimum absolute atomic E-state index is 0.0915. The minimum Gasteiger partial charge on any atom is -0.344 e. The highest BCUT2D eigenvalue weighted by molar-refractivity contribution is 5.82. The van der Waals surface area contributed by atoms with Crippen LogP contribution in [0.4, 0.5) is 0 Å². The lowest BCUT2D eigenvalue weighted by atomic mass is 10.2. The lowest BCUT2D eigenvalue weighted by Crippen LogP contribution is -2.26. The van der Waals surface area contributed by atoms with Crippen molar-refractivity contribution in [3.05, 3.63) is 18.2 Å². The largest absolute Gasteiger partial charge is 0.344 e. The predicted octanol–water partition coefficient (Wildman–Crippen LogP) is 0.306. The number of likely N-dealkylation sites (N-methyl/N-ethyl adjacent to an activating group) is 1. The molecule has 82 valence electrons. The van der Waals surface area contributed by atoms with Crippen molar-refractivity contribution in [1.82, 2.24) is 14.5 Å². The van der Waals surface area contributed by atoms with Gasteiger partial charge >= 0.3 is 0 Å². The van der Waals surface area contributed by atoms with E-state index in [1.807, 2.05) is 18.5 Å². The molecule has 15 heavy (non-hydrogen) atoms. The second-order valence-electron chi connectivity index (χ2n) is 4.08. The molecular weight excluding hydrogens is 192 g/mol. The number of nitrogens with two attached hydrogens (primary N) is 1. The summed E-state index contributed by atoms with van der Waals surface area (Å²) in [5.41, 5.74) is 6.74. The summed E-state index contributed by atoms with van der Waals surface area (Å²) < 4.78 is 1.90. The SMILES string of the molecule is C[C@@H](N)c1cncn1C1CCN(C)C1=O. The van der Waals surface area contributed by atoms with Crippen molar-refractivity contribution in [3.63, 3.8) is 0 Å². The van der Waals surface area contributed by atoms with E-state index < -0.39 is 0 Å². The number of aromatic nitrogens is 2. The van der Waals surface area contributed by atoms with Crippen LogP contribution in [-0.2, 0) is 4.79 Å². The molecule has 0 spiro atoms. The summed E-state index contributed by atoms with van der Waals surface area (Å²) in [5.74, 6) is 0.148. The van der Waals surface area contributed by atoms with Gasteiger partial charge in [0.05, 0.1) is 12.0 Å². The van der Waals surface area contributed by atoms with E-state index in [1.54, 1.807) is 17.4 Å². The minimum atomic E-state index is -0.113. The highest BCUT2D eigenvalue weighted by Gasteiger charge is 2.31. The molecule has 1 unspecified atom stereocenters. The number of hydrogen-bond donors (Lipinski definition) is 1. The zero-order valence-corrected chi connectivity index (χ0v) is 9.05. The molecule has 0 bridgehead atoms. The van der Waals surface area contributed by atoms with Crippen LogP contribution in [0.5, 0.6) is 0 Å². The molecule has 2 atom stereocenters. The van der Waals surface area contributed by atoms with Crippen molar-refractivity contribution in [2.45, 2.75) is 25.4 Å². The topological polar surface area (TPSA) is 64.2 Å². The first-order valence-electron chi connectivity index (χ1n) is 5.13. The van der Waals surface area contributed by atoms with Gasteiger partial charge in [-0.3, -0.25) is 4.79 Å². The molecule has 0 radical (unpaired) electrons. The summed E-state index contributed by atoms with van der Waals surface area (Å²) in [4.78, 5) is 17.6. The standard InChI is InChI=1S/C10H16N4O/c1-7(11)9-5-12-6-14(9)8-3-4-13(2)10(8)15/h5-8H,3-4,11H2,1-2H3/t7-,8?/m1/s1. The summed E-state index contributed by atoms with van der Waals surface area (Å²) in [5, 5.41) is 0. The van der Waals surface area contributed by atoms with E-state index >= 15 is 0 Å². The Labute approximate surface area is 88.9 Å². The van der Waals surface area contributed by atoms with Crippen molar-refractivity contribution in [2.24, 2.45) is 5.73 Å². The summed E-state index contributed by atoms with van der Waals surface area (Å²) in [6, 6.07) is -0.204. The zero-order chi connectivity index (χ0) is 11.0. The fourth-order valence-electron chi connectivity index (χ4n) is 1.99. The fraction of sp³-hybridized carbons (Fsp3) is 0.600. The van der Waals surface area contributed by atoms with Crippen molar-refractivity contribution in [2.75, 3.05) is 13.6 Å². The van der Waals surface area contributed by atoms with Gasteiger partial charge in [-0.1, -0.05) is 0 Å². The van der Waals surface area contributed by atoms with Crippen LogP contribution in [0, 0.1) is 0 Å². The molecule has 0 saturated carbocycles. The van der Waals surface area contributed by atoms with Crippen LogP contribution in [0.1, 0.15) is 31.1 Å². The van der Waals surface area contributed by atoms with Crippen LogP contribution in [0.2, 0.25) is 0 Å². The second-order valence-corrected chi connectivity index (χ2v) is 4.08. The number of rotatable bonds is 2. The second kappa shape index (κ2) is 3.66. The number of nitrogens with zero attached hydrogens (tertiary/aromatic N) is 3. The normalized spacial score (nSPS) is 23.5. The molecule has 1 aliphatic heterocycles. The summed E-state index contributed by atoms with van der Waals surface area (Å²) in [6.45, 7) is 2.71. The lowest BCUT2D eigenvalue weighted by molar-refractivity contribution is -0.129. The van der Waals surface area contributed by atoms with Crippen molar-refractivity contribution >= 4 is 5.91 Å². The van der Waals surface area contributed by atoms with E-state index in [1.165, 1.54) is 0 Å². The monoisotopic (exact) mass is 208 g/mol. The molecule has 1 aliphatic rings. The average molecular weight is 208 g/mol. The molecule has 2 rings (SSSR count). The smallest absolute Gasteiger partial charge is 0.245 e. The van der Waals surface area contributed by atoms with E-state index in [4.69, 9.17) is 5.73 Å². The molecule has 1 aromatic heterocycles. The van der Waals surface area contributed by atoms with Crippen LogP contribution in [0.25, 0.3) is 0 Å². The van der Waals surface area contributed by atoms with Gasteiger partial charge in [-0.05, 0) is 13.3 Å². The number of imidazole rings is 1. The van der Waals surface area contributed by atoms with Gasteiger partial charge in [0, 0.05) is 25.8 Å². The zero-order valence-electron chi connectivity index (χ0n) is 9.05. The average Bonchev–Trinajstić information content (AvgIpc) is 2.75. The van der Waals surface area contributed by atoms with Gasteiger partial charge in [0.25, 0.3) is 0 Å². The maximum absolute atomic E-state index is 11.8. The Morgan fingerprint density at radius 3 is 2.93 bits per heavy atom. The molecule has 1 amide bonds. The first-order valence-corrected chi connectivity index (χ1v) is 5.13. The summed E-state index contributed by atoms with van der Waals surface area (Å²) in [6.07, 6.45) is 4.27. The maximum atomic E-state index is 11.8. The van der Waals surface area contributed by atoms with Gasteiger partial charge in [-0.2, -0.15) is 0 Å². The molecular formula is C10H16N4O. The van der Waals surface area contributed by atoms with Crippen LogP contribution in [0.15, 0.2) is 12.5 Å². The Morgan fingerprint density at radius 2 is 2.40 bits per heavy atom. The third kappa shape index (κ3) is 1.63. The Bertz CT molecular complexity index is 371. The van der Waals surface area contributed by atoms with Crippen LogP contribution in [0.3, 0.4) is 0 Å². The van der Waals surface area contributed by atoms with Crippen molar-refractivity contribution in [1.29, 1.82) is 0 Å². The van der Waals surface area contributed by atoms with E-state index in [0.717, 1.165) is 18.7 Å². The van der Waals surface area contributed by atoms with Crippen molar-refractivity contribution in [3.8, 4) is 0 Å². The van der Waals surface area contributed by atoms with Crippen LogP contribution >= 0.6 is 0 Å². The summed E-state index contributed by atoms with van der Waals surface area (Å²) in [7, 11) is 1.82. The number of amides is 1. The van der Waals surface area contributed by atoms with Gasteiger partial charge in [0.2, 0.25) is 5.91 Å². The van der Waals surface area contributed by atoms with Gasteiger partial charge in [0.1, 0.15) is 6.04 Å². The number of carbonyl (C=O) groups excluding carboxylic acids is 1. The van der Waals surface area contributed by atoms with Crippen LogP contribution < -0.4 is 5.73 Å². The van der Waals surface area contributed by atoms with E-state index in [9.17, 15) is 4.79 Å². The van der Waals surface area contributed by atoms with Crippen LogP contribution in [-0.4, -0.2) is 34.0 Å². The molecule has 5 heteroatoms. The maximum Gasteiger partial charge on any atom is 0.245 e. The Morgan fingerprint density at radius 1 is 1.67 bits per heavy atom. The predicted molar refractivity (Wildman–Crippen MR) is 56.1 cm³/mol. The number of carbonyl (C=O) groups is 1. The molecule has 5 nitrogen and oxygen atoms in total. The summed E-state index contributed by atoms with van der Waals surface area (Å²) >= 11 is 0. The fourth-order valence-corrected chi connectivity index (χ4v) is 1.99. The number of hydrogen-bond acceptors (Lipinski definition) is 3. The third-order valence-electron chi connectivity index (χ3n) is 2.90. The molecule has 2 heterocycles. The third-order valence-corrected chi connectivity index (χ3v) is 2.90. The van der Waals surface area contributed by atoms with Gasteiger partial charge in [-0.15, -0.1) is 0 Å². The lowest BCUT2D eigenvalue weighted by Gasteiger charge is -2.16. The first-order chi connectivity index (χ1) is 7.11. The van der Waals surface area contributed by atoms with E-state index in [2.05, 4.69) is 4.98 Å². The molecule has 1 fully saturated rings. The Balaban J connectivity index is 2.30. The van der Waals surface area contributed by atoms with Gasteiger partial charge in [0.15, 0.2) is 0 Å². The first kappa shape index (κ1) is 10.2. The molecule has 1 aromatic rings. The highest BCUT2D eigenvalue weighted by Crippen LogP contribution is 2.25. The molecule has 0 aromatic carbocycles. The van der Waals surface area contributed by atoms with Gasteiger partial charge in [-0.25, -0.2) is 4.98 Å². The van der Waals surface area contributed by atoms with E-state index in [0.29, 0.717) is 0 Å². The Kier molecular flexibility index (Phi) is 2.48. The van der Waals surface area contributed by atoms with E-state index in [-0.39, 0.29) is 18.0 Å². The van der Waals surface area contributed by atoms with Gasteiger partial charge < -0.3 is 15.2 Å². The molecule has 2 N–H and O–H groups in total. The van der Waals surface area contributed by atoms with Crippen molar-refractivity contribution < 1.29 is 4.79 Å². The Hall–Kier alpha value is -1.36. The highest BCUT2D eigenvalue weighted by atomic mass is 16.2. The quantitative estimate of drug-likeness (QED) is 0.760.